The number of halogens is 1. The summed E-state index contributed by atoms with van der Waals surface area (Å²) in [4.78, 5) is 0.305. The van der Waals surface area contributed by atoms with Gasteiger partial charge in [-0.3, -0.25) is 0 Å². The van der Waals surface area contributed by atoms with Gasteiger partial charge in [0.1, 0.15) is 0 Å². The molecule has 76 valence electrons. The van der Waals surface area contributed by atoms with Gasteiger partial charge in [0, 0.05) is 11.1 Å². The summed E-state index contributed by atoms with van der Waals surface area (Å²) < 4.78 is 23.6. The van der Waals surface area contributed by atoms with Crippen LogP contribution in [0, 0.1) is 0 Å². The molecule has 1 aromatic rings. The summed E-state index contributed by atoms with van der Waals surface area (Å²) >= 11 is 5.67. The normalized spacial score (nSPS) is 26.1. The van der Waals surface area contributed by atoms with Gasteiger partial charge in [0.2, 0.25) is 0 Å². The summed E-state index contributed by atoms with van der Waals surface area (Å²) in [6.07, 6.45) is 0.560. The SMILES string of the molecule is N[C@@H]1C[C@@H]1S(=O)(=O)c1ccc(Cl)cc1. The zero-order chi connectivity index (χ0) is 10.3. The minimum Gasteiger partial charge on any atom is -0.326 e. The van der Waals surface area contributed by atoms with E-state index in [9.17, 15) is 8.42 Å². The van der Waals surface area contributed by atoms with E-state index in [0.717, 1.165) is 0 Å². The highest BCUT2D eigenvalue weighted by Gasteiger charge is 2.45. The Hall–Kier alpha value is -0.580. The van der Waals surface area contributed by atoms with Gasteiger partial charge in [0.25, 0.3) is 0 Å². The molecule has 3 nitrogen and oxygen atoms in total. The van der Waals surface area contributed by atoms with Crippen LogP contribution in [-0.4, -0.2) is 19.7 Å². The Morgan fingerprint density at radius 2 is 1.79 bits per heavy atom. The Kier molecular flexibility index (Phi) is 2.29. The van der Waals surface area contributed by atoms with Crippen LogP contribution in [0.25, 0.3) is 0 Å². The number of benzene rings is 1. The van der Waals surface area contributed by atoms with Crippen molar-refractivity contribution in [2.24, 2.45) is 5.73 Å². The van der Waals surface area contributed by atoms with Crippen molar-refractivity contribution in [1.82, 2.24) is 0 Å². The first kappa shape index (κ1) is 9.96. The van der Waals surface area contributed by atoms with Gasteiger partial charge < -0.3 is 5.73 Å². The lowest BCUT2D eigenvalue weighted by Crippen LogP contribution is -2.15. The molecule has 2 atom stereocenters. The number of hydrogen-bond acceptors (Lipinski definition) is 3. The first-order valence-electron chi connectivity index (χ1n) is 4.27. The monoisotopic (exact) mass is 231 g/mol. The fourth-order valence-corrected chi connectivity index (χ4v) is 3.27. The highest BCUT2D eigenvalue weighted by Crippen LogP contribution is 2.32. The molecule has 0 radical (unpaired) electrons. The molecule has 1 saturated carbocycles. The van der Waals surface area contributed by atoms with Gasteiger partial charge in [-0.1, -0.05) is 11.6 Å². The van der Waals surface area contributed by atoms with Crippen molar-refractivity contribution in [1.29, 1.82) is 0 Å². The lowest BCUT2D eigenvalue weighted by molar-refractivity contribution is 0.594. The number of nitrogens with two attached hydrogens (primary N) is 1. The predicted octanol–water partition coefficient (Wildman–Crippen LogP) is 1.21. The molecule has 14 heavy (non-hydrogen) atoms. The maximum atomic E-state index is 11.8. The third-order valence-electron chi connectivity index (χ3n) is 2.32. The topological polar surface area (TPSA) is 60.2 Å². The fraction of sp³-hybridized carbons (Fsp3) is 0.333. The van der Waals surface area contributed by atoms with Gasteiger partial charge in [-0.05, 0) is 30.7 Å². The van der Waals surface area contributed by atoms with Crippen LogP contribution in [-0.2, 0) is 9.84 Å². The van der Waals surface area contributed by atoms with Gasteiger partial charge >= 0.3 is 0 Å². The summed E-state index contributed by atoms with van der Waals surface area (Å²) in [6.45, 7) is 0. The van der Waals surface area contributed by atoms with Gasteiger partial charge in [-0.25, -0.2) is 8.42 Å². The summed E-state index contributed by atoms with van der Waals surface area (Å²) in [5, 5.41) is 0.132. The molecular formula is C9H10ClNO2S. The van der Waals surface area contributed by atoms with Crippen LogP contribution < -0.4 is 5.73 Å². The summed E-state index contributed by atoms with van der Waals surface area (Å²) in [6, 6.07) is 5.98. The first-order chi connectivity index (χ1) is 6.51. The van der Waals surface area contributed by atoms with Gasteiger partial charge in [-0.2, -0.15) is 0 Å². The maximum Gasteiger partial charge on any atom is 0.182 e. The Balaban J connectivity index is 2.35. The standard InChI is InChI=1S/C9H10ClNO2S/c10-6-1-3-7(4-2-6)14(12,13)9-5-8(9)11/h1-4,8-9H,5,11H2/t8-,9+/m1/s1. The van der Waals surface area contributed by atoms with Gasteiger partial charge in [0.05, 0.1) is 10.1 Å². The molecule has 0 spiro atoms. The Bertz CT molecular complexity index is 440. The molecule has 2 rings (SSSR count). The predicted molar refractivity (Wildman–Crippen MR) is 55.0 cm³/mol. The van der Waals surface area contributed by atoms with Gasteiger partial charge in [-0.15, -0.1) is 0 Å². The molecule has 0 unspecified atom stereocenters. The zero-order valence-corrected chi connectivity index (χ0v) is 8.92. The molecular weight excluding hydrogens is 222 g/mol. The highest BCUT2D eigenvalue weighted by atomic mass is 35.5. The average molecular weight is 232 g/mol. The molecule has 0 heterocycles. The molecule has 0 aromatic heterocycles. The van der Waals surface area contributed by atoms with Crippen molar-refractivity contribution < 1.29 is 8.42 Å². The largest absolute Gasteiger partial charge is 0.326 e. The van der Waals surface area contributed by atoms with Gasteiger partial charge in [0.15, 0.2) is 9.84 Å². The molecule has 1 aliphatic rings. The van der Waals surface area contributed by atoms with Crippen molar-refractivity contribution in [3.63, 3.8) is 0 Å². The van der Waals surface area contributed by atoms with Crippen molar-refractivity contribution in [3.05, 3.63) is 29.3 Å². The lowest BCUT2D eigenvalue weighted by Gasteiger charge is -2.02. The summed E-state index contributed by atoms with van der Waals surface area (Å²) in [5.74, 6) is 0. The zero-order valence-electron chi connectivity index (χ0n) is 7.35. The fourth-order valence-electron chi connectivity index (χ4n) is 1.35. The van der Waals surface area contributed by atoms with Crippen molar-refractivity contribution in [2.45, 2.75) is 22.6 Å². The number of sulfone groups is 1. The molecule has 5 heteroatoms. The van der Waals surface area contributed by atoms with Crippen LogP contribution in [0.1, 0.15) is 6.42 Å². The third kappa shape index (κ3) is 1.65. The minimum atomic E-state index is -3.22. The van der Waals surface area contributed by atoms with Crippen molar-refractivity contribution in [3.8, 4) is 0 Å². The van der Waals surface area contributed by atoms with Crippen LogP contribution in [0.5, 0.6) is 0 Å². The Labute approximate surface area is 87.8 Å². The second-order valence-electron chi connectivity index (χ2n) is 3.44. The first-order valence-corrected chi connectivity index (χ1v) is 6.19. The second-order valence-corrected chi connectivity index (χ2v) is 6.04. The smallest absolute Gasteiger partial charge is 0.182 e. The Morgan fingerprint density at radius 1 is 1.29 bits per heavy atom. The average Bonchev–Trinajstić information content (AvgIpc) is 2.84. The van der Waals surface area contributed by atoms with E-state index in [4.69, 9.17) is 17.3 Å². The lowest BCUT2D eigenvalue weighted by atomic mass is 10.4. The molecule has 2 N–H and O–H groups in total. The van der Waals surface area contributed by atoms with E-state index in [0.29, 0.717) is 16.3 Å². The van der Waals surface area contributed by atoms with E-state index in [1.54, 1.807) is 12.1 Å². The van der Waals surface area contributed by atoms with Crippen LogP contribution in [0.15, 0.2) is 29.2 Å². The quantitative estimate of drug-likeness (QED) is 0.833. The number of rotatable bonds is 2. The third-order valence-corrected chi connectivity index (χ3v) is 4.84. The second kappa shape index (κ2) is 3.22. The molecule has 0 bridgehead atoms. The van der Waals surface area contributed by atoms with E-state index >= 15 is 0 Å². The van der Waals surface area contributed by atoms with Crippen LogP contribution in [0.4, 0.5) is 0 Å². The van der Waals surface area contributed by atoms with Crippen LogP contribution >= 0.6 is 11.6 Å². The van der Waals surface area contributed by atoms with E-state index in [2.05, 4.69) is 0 Å². The molecule has 1 aliphatic carbocycles. The summed E-state index contributed by atoms with van der Waals surface area (Å²) in [7, 11) is -3.22. The maximum absolute atomic E-state index is 11.8. The number of hydrogen-bond donors (Lipinski definition) is 1. The van der Waals surface area contributed by atoms with Crippen LogP contribution in [0.2, 0.25) is 5.02 Å². The molecule has 0 amide bonds. The minimum absolute atomic E-state index is 0.198. The van der Waals surface area contributed by atoms with Crippen molar-refractivity contribution in [2.75, 3.05) is 0 Å². The summed E-state index contributed by atoms with van der Waals surface area (Å²) in [5.41, 5.74) is 5.51. The molecule has 0 aliphatic heterocycles. The van der Waals surface area contributed by atoms with E-state index in [1.807, 2.05) is 0 Å². The molecule has 1 fully saturated rings. The molecule has 0 saturated heterocycles. The van der Waals surface area contributed by atoms with E-state index in [-0.39, 0.29) is 6.04 Å². The Morgan fingerprint density at radius 3 is 2.21 bits per heavy atom. The van der Waals surface area contributed by atoms with E-state index < -0.39 is 15.1 Å². The molecule has 1 aromatic carbocycles. The van der Waals surface area contributed by atoms with E-state index in [1.165, 1.54) is 12.1 Å². The highest BCUT2D eigenvalue weighted by molar-refractivity contribution is 7.92. The van der Waals surface area contributed by atoms with Crippen LogP contribution in [0.3, 0.4) is 0 Å². The van der Waals surface area contributed by atoms with Crippen molar-refractivity contribution >= 4 is 21.4 Å².